The molecule has 0 spiro atoms. The second-order valence-electron chi connectivity index (χ2n) is 4.75. The molecule has 0 heterocycles. The van der Waals surface area contributed by atoms with Gasteiger partial charge in [-0.1, -0.05) is 18.6 Å². The van der Waals surface area contributed by atoms with E-state index in [-0.39, 0.29) is 6.04 Å². The van der Waals surface area contributed by atoms with Gasteiger partial charge in [-0.2, -0.15) is 13.2 Å². The number of hydrogen-bond donors (Lipinski definition) is 1. The Morgan fingerprint density at radius 3 is 2.24 bits per heavy atom. The number of nitrogens with two attached hydrogens (primary N) is 1. The van der Waals surface area contributed by atoms with Crippen molar-refractivity contribution in [1.82, 2.24) is 0 Å². The predicted molar refractivity (Wildman–Crippen MR) is 60.5 cm³/mol. The normalized spacial score (nSPS) is 25.2. The van der Waals surface area contributed by atoms with Crippen molar-refractivity contribution in [1.29, 1.82) is 0 Å². The lowest BCUT2D eigenvalue weighted by Crippen LogP contribution is -2.25. The largest absolute Gasteiger partial charge is 0.416 e. The molecule has 0 bridgehead atoms. The Hall–Kier alpha value is -1.03. The molecule has 2 atom stereocenters. The van der Waals surface area contributed by atoms with Crippen molar-refractivity contribution in [3.05, 3.63) is 35.4 Å². The summed E-state index contributed by atoms with van der Waals surface area (Å²) in [7, 11) is 0. The van der Waals surface area contributed by atoms with E-state index in [2.05, 4.69) is 0 Å². The van der Waals surface area contributed by atoms with Crippen LogP contribution in [0, 0.1) is 5.92 Å². The summed E-state index contributed by atoms with van der Waals surface area (Å²) in [4.78, 5) is 0. The quantitative estimate of drug-likeness (QED) is 0.846. The first kappa shape index (κ1) is 12.4. The van der Waals surface area contributed by atoms with Crippen molar-refractivity contribution in [2.24, 2.45) is 11.7 Å². The lowest BCUT2D eigenvalue weighted by Gasteiger charge is -2.15. The van der Waals surface area contributed by atoms with Crippen molar-refractivity contribution >= 4 is 0 Å². The molecule has 1 aromatic rings. The van der Waals surface area contributed by atoms with Gasteiger partial charge < -0.3 is 5.73 Å². The molecule has 0 aromatic heterocycles. The zero-order chi connectivity index (χ0) is 12.5. The monoisotopic (exact) mass is 243 g/mol. The lowest BCUT2D eigenvalue weighted by molar-refractivity contribution is -0.137. The van der Waals surface area contributed by atoms with Crippen LogP contribution in [0.4, 0.5) is 13.2 Å². The number of rotatable bonds is 2. The molecule has 0 aliphatic heterocycles. The topological polar surface area (TPSA) is 26.0 Å². The van der Waals surface area contributed by atoms with Crippen LogP contribution in [-0.2, 0) is 12.6 Å². The third-order valence-corrected chi connectivity index (χ3v) is 3.50. The Morgan fingerprint density at radius 2 is 1.76 bits per heavy atom. The number of hydrogen-bond acceptors (Lipinski definition) is 1. The average molecular weight is 243 g/mol. The highest BCUT2D eigenvalue weighted by molar-refractivity contribution is 5.25. The average Bonchev–Trinajstić information content (AvgIpc) is 2.64. The smallest absolute Gasteiger partial charge is 0.327 e. The molecule has 1 aliphatic carbocycles. The highest BCUT2D eigenvalue weighted by Crippen LogP contribution is 2.31. The molecule has 4 heteroatoms. The fraction of sp³-hybridized carbons (Fsp3) is 0.538. The molecule has 94 valence electrons. The Bertz CT molecular complexity index is 369. The first-order chi connectivity index (χ1) is 7.97. The van der Waals surface area contributed by atoms with Gasteiger partial charge in [0.05, 0.1) is 5.56 Å². The van der Waals surface area contributed by atoms with Crippen LogP contribution >= 0.6 is 0 Å². The second-order valence-corrected chi connectivity index (χ2v) is 4.75. The van der Waals surface area contributed by atoms with Gasteiger partial charge in [0.25, 0.3) is 0 Å². The van der Waals surface area contributed by atoms with Crippen molar-refractivity contribution in [3.63, 3.8) is 0 Å². The van der Waals surface area contributed by atoms with Crippen molar-refractivity contribution < 1.29 is 13.2 Å². The minimum absolute atomic E-state index is 0.206. The van der Waals surface area contributed by atoms with Gasteiger partial charge in [0.1, 0.15) is 0 Å². The van der Waals surface area contributed by atoms with E-state index in [0.29, 0.717) is 5.92 Å². The molecular weight excluding hydrogens is 227 g/mol. The van der Waals surface area contributed by atoms with Crippen molar-refractivity contribution in [3.8, 4) is 0 Å². The van der Waals surface area contributed by atoms with Crippen LogP contribution in [0.25, 0.3) is 0 Å². The van der Waals surface area contributed by atoms with Gasteiger partial charge in [-0.3, -0.25) is 0 Å². The van der Waals surface area contributed by atoms with E-state index in [9.17, 15) is 13.2 Å². The van der Waals surface area contributed by atoms with Crippen molar-refractivity contribution in [2.45, 2.75) is 37.9 Å². The maximum absolute atomic E-state index is 12.4. The van der Waals surface area contributed by atoms with E-state index in [1.165, 1.54) is 0 Å². The van der Waals surface area contributed by atoms with Gasteiger partial charge in [0.15, 0.2) is 0 Å². The predicted octanol–water partition coefficient (Wildman–Crippen LogP) is 3.38. The molecule has 1 nitrogen and oxygen atoms in total. The van der Waals surface area contributed by atoms with Gasteiger partial charge >= 0.3 is 6.18 Å². The highest BCUT2D eigenvalue weighted by atomic mass is 19.4. The fourth-order valence-electron chi connectivity index (χ4n) is 2.45. The zero-order valence-corrected chi connectivity index (χ0v) is 9.50. The van der Waals surface area contributed by atoms with Crippen LogP contribution in [0.3, 0.4) is 0 Å². The first-order valence-electron chi connectivity index (χ1n) is 5.88. The standard InChI is InChI=1S/C13H16F3N/c14-13(15,16)11-6-4-9(5-7-11)8-10-2-1-3-12(10)17/h4-7,10,12H,1-3,8,17H2. The summed E-state index contributed by atoms with van der Waals surface area (Å²) < 4.78 is 37.1. The summed E-state index contributed by atoms with van der Waals surface area (Å²) in [5.74, 6) is 0.423. The molecule has 0 saturated heterocycles. The number of halogens is 3. The Balaban J connectivity index is 2.03. The van der Waals surface area contributed by atoms with Crippen LogP contribution in [0.5, 0.6) is 0 Å². The summed E-state index contributed by atoms with van der Waals surface area (Å²) >= 11 is 0. The van der Waals surface area contributed by atoms with Crippen LogP contribution in [-0.4, -0.2) is 6.04 Å². The molecule has 2 rings (SSSR count). The molecule has 17 heavy (non-hydrogen) atoms. The molecular formula is C13H16F3N. The highest BCUT2D eigenvalue weighted by Gasteiger charge is 2.30. The molecule has 1 saturated carbocycles. The molecule has 0 radical (unpaired) electrons. The minimum atomic E-state index is -4.25. The summed E-state index contributed by atoms with van der Waals surface area (Å²) in [6.45, 7) is 0. The summed E-state index contributed by atoms with van der Waals surface area (Å²) in [5, 5.41) is 0. The van der Waals surface area contributed by atoms with E-state index in [1.54, 1.807) is 12.1 Å². The minimum Gasteiger partial charge on any atom is -0.327 e. The van der Waals surface area contributed by atoms with Gasteiger partial charge in [0.2, 0.25) is 0 Å². The Morgan fingerprint density at radius 1 is 1.12 bits per heavy atom. The molecule has 1 fully saturated rings. The van der Waals surface area contributed by atoms with Crippen LogP contribution in [0.2, 0.25) is 0 Å². The van der Waals surface area contributed by atoms with E-state index < -0.39 is 11.7 Å². The van der Waals surface area contributed by atoms with E-state index in [0.717, 1.165) is 43.4 Å². The van der Waals surface area contributed by atoms with Crippen LogP contribution < -0.4 is 5.73 Å². The summed E-state index contributed by atoms with van der Waals surface area (Å²) in [6, 6.07) is 5.63. The van der Waals surface area contributed by atoms with Crippen molar-refractivity contribution in [2.75, 3.05) is 0 Å². The molecule has 2 unspecified atom stereocenters. The van der Waals surface area contributed by atoms with Crippen LogP contribution in [0.15, 0.2) is 24.3 Å². The molecule has 0 amide bonds. The third-order valence-electron chi connectivity index (χ3n) is 3.50. The van der Waals surface area contributed by atoms with Crippen LogP contribution in [0.1, 0.15) is 30.4 Å². The molecule has 1 aromatic carbocycles. The number of benzene rings is 1. The summed E-state index contributed by atoms with van der Waals surface area (Å²) in [5.41, 5.74) is 6.30. The Kier molecular flexibility index (Phi) is 3.43. The van der Waals surface area contributed by atoms with E-state index in [1.807, 2.05) is 0 Å². The SMILES string of the molecule is NC1CCCC1Cc1ccc(C(F)(F)F)cc1. The molecule has 2 N–H and O–H groups in total. The maximum atomic E-state index is 12.4. The fourth-order valence-corrected chi connectivity index (χ4v) is 2.45. The molecule has 1 aliphatic rings. The van der Waals surface area contributed by atoms with Gasteiger partial charge in [-0.05, 0) is 42.9 Å². The van der Waals surface area contributed by atoms with E-state index in [4.69, 9.17) is 5.73 Å². The Labute approximate surface area is 98.8 Å². The maximum Gasteiger partial charge on any atom is 0.416 e. The van der Waals surface area contributed by atoms with Gasteiger partial charge in [-0.15, -0.1) is 0 Å². The lowest BCUT2D eigenvalue weighted by atomic mass is 9.94. The third kappa shape index (κ3) is 3.00. The van der Waals surface area contributed by atoms with Gasteiger partial charge in [-0.25, -0.2) is 0 Å². The zero-order valence-electron chi connectivity index (χ0n) is 9.50. The second kappa shape index (κ2) is 4.69. The summed E-state index contributed by atoms with van der Waals surface area (Å²) in [6.07, 6.45) is -0.207. The van der Waals surface area contributed by atoms with Gasteiger partial charge in [0, 0.05) is 6.04 Å². The number of alkyl halides is 3. The first-order valence-corrected chi connectivity index (χ1v) is 5.88. The van der Waals surface area contributed by atoms with E-state index >= 15 is 0 Å².